The molecule has 0 spiro atoms. The summed E-state index contributed by atoms with van der Waals surface area (Å²) >= 11 is 6.60. The van der Waals surface area contributed by atoms with Crippen LogP contribution in [0.15, 0.2) is 89.7 Å². The van der Waals surface area contributed by atoms with Crippen molar-refractivity contribution in [1.29, 1.82) is 0 Å². The lowest BCUT2D eigenvalue weighted by Crippen LogP contribution is -2.35. The average molecular weight is 825 g/mol. The van der Waals surface area contributed by atoms with Gasteiger partial charge in [0, 0.05) is 29.8 Å². The summed E-state index contributed by atoms with van der Waals surface area (Å²) in [5.41, 5.74) is 6.31. The fourth-order valence-electron chi connectivity index (χ4n) is 7.39. The number of benzene rings is 2. The van der Waals surface area contributed by atoms with Crippen LogP contribution in [0.5, 0.6) is 0 Å². The first kappa shape index (κ1) is 43.0. The van der Waals surface area contributed by atoms with Crippen LogP contribution in [0.4, 0.5) is 11.5 Å². The van der Waals surface area contributed by atoms with Gasteiger partial charge in [-0.25, -0.2) is 4.57 Å². The Labute approximate surface area is 335 Å². The van der Waals surface area contributed by atoms with Crippen LogP contribution in [0.3, 0.4) is 0 Å². The lowest BCUT2D eigenvalue weighted by atomic mass is 9.81. The molecule has 0 saturated heterocycles. The van der Waals surface area contributed by atoms with Gasteiger partial charge in [0.15, 0.2) is 5.71 Å². The summed E-state index contributed by atoms with van der Waals surface area (Å²) in [4.78, 5) is 18.6. The van der Waals surface area contributed by atoms with Gasteiger partial charge in [0.1, 0.15) is 11.9 Å². The van der Waals surface area contributed by atoms with Crippen LogP contribution in [-0.4, -0.2) is 55.0 Å². The molecule has 2 aliphatic heterocycles. The van der Waals surface area contributed by atoms with Crippen molar-refractivity contribution in [3.05, 3.63) is 118 Å². The Morgan fingerprint density at radius 1 is 0.929 bits per heavy atom. The van der Waals surface area contributed by atoms with Gasteiger partial charge in [0.25, 0.3) is 20.2 Å². The molecule has 2 aliphatic rings. The number of hydrogen-bond donors (Lipinski definition) is 3. The quantitative estimate of drug-likeness (QED) is 0.0527. The molecule has 11 nitrogen and oxygen atoms in total. The molecule has 0 aliphatic carbocycles. The molecular weight excluding hydrogens is 774 g/mol. The molecule has 0 bridgehead atoms. The average Bonchev–Trinajstić information content (AvgIpc) is 3.47. The zero-order valence-corrected chi connectivity index (χ0v) is 34.9. The van der Waals surface area contributed by atoms with Gasteiger partial charge < -0.3 is 10.0 Å². The van der Waals surface area contributed by atoms with Gasteiger partial charge in [-0.1, -0.05) is 87.3 Å². The Kier molecular flexibility index (Phi) is 13.2. The largest absolute Gasteiger partial charge is 0.481 e. The number of aryl methyl sites for hydroxylation is 2. The Balaban J connectivity index is 1.62. The van der Waals surface area contributed by atoms with Crippen LogP contribution >= 0.6 is 11.6 Å². The van der Waals surface area contributed by atoms with E-state index in [1.54, 1.807) is 12.1 Å². The van der Waals surface area contributed by atoms with Gasteiger partial charge in [-0.2, -0.15) is 16.8 Å². The van der Waals surface area contributed by atoms with Gasteiger partial charge >= 0.3 is 11.8 Å². The first-order valence-corrected chi connectivity index (χ1v) is 22.3. The van der Waals surface area contributed by atoms with E-state index in [1.807, 2.05) is 80.7 Å². The maximum atomic E-state index is 11.8. The van der Waals surface area contributed by atoms with E-state index >= 15 is 0 Å². The molecule has 300 valence electrons. The number of aliphatic carboxylic acids is 1. The summed E-state index contributed by atoms with van der Waals surface area (Å²) < 4.78 is 67.6. The topological polar surface area (TPSA) is 166 Å². The molecule has 2 aromatic carbocycles. The highest BCUT2D eigenvalue weighted by Crippen LogP contribution is 2.48. The number of carbonyl (C=O) groups is 1. The van der Waals surface area contributed by atoms with Crippen molar-refractivity contribution in [2.45, 2.75) is 96.3 Å². The molecule has 3 heterocycles. The number of halogens is 1. The van der Waals surface area contributed by atoms with E-state index < -0.39 is 42.8 Å². The van der Waals surface area contributed by atoms with E-state index in [0.29, 0.717) is 30.0 Å². The number of anilines is 1. The number of aromatic nitrogens is 1. The Bertz CT molecular complexity index is 2350. The highest BCUT2D eigenvalue weighted by molar-refractivity contribution is 7.85. The van der Waals surface area contributed by atoms with Crippen molar-refractivity contribution < 1.29 is 40.4 Å². The molecule has 0 saturated carbocycles. The second kappa shape index (κ2) is 17.2. The minimum absolute atomic E-state index is 0.00913. The monoisotopic (exact) mass is 824 g/mol. The zero-order chi connectivity index (χ0) is 41.1. The molecule has 3 N–H and O–H groups in total. The summed E-state index contributed by atoms with van der Waals surface area (Å²) in [5, 5.41) is 10.0. The van der Waals surface area contributed by atoms with Gasteiger partial charge in [0.05, 0.1) is 28.3 Å². The third kappa shape index (κ3) is 10.4. The van der Waals surface area contributed by atoms with E-state index in [4.69, 9.17) is 16.6 Å². The highest BCUT2D eigenvalue weighted by atomic mass is 35.5. The Morgan fingerprint density at radius 2 is 1.68 bits per heavy atom. The van der Waals surface area contributed by atoms with Crippen molar-refractivity contribution in [2.75, 3.05) is 17.2 Å². The molecule has 1 aromatic heterocycles. The summed E-state index contributed by atoms with van der Waals surface area (Å²) in [6.45, 7) is 11.6. The normalized spacial score (nSPS) is 17.1. The minimum Gasteiger partial charge on any atom is -0.481 e. The molecule has 0 atom stereocenters. The fraction of sp³-hybridized carbons (Fsp3) is 0.405. The molecular formula is C42H51ClN3O8S2+. The summed E-state index contributed by atoms with van der Waals surface area (Å²) in [7, 11) is -8.41. The smallest absolute Gasteiger partial charge is 0.327 e. The maximum Gasteiger partial charge on any atom is 0.327 e. The molecule has 3 aromatic rings. The standard InChI is InChI=1S/C42H50ClN3O8S2/c1-6-7-21-45-27-33(43)26-35-40(45)44-37(41(35,2)3)18-15-31(32-12-10-11-29(24-32)14-20-39(47)48)16-19-38-42(4,5)34-25-30(28-56(52,53)54)13-17-36(34)46(38)22-8-9-23-55(49,50)51/h10-13,15-19,24-27H,6-9,14,20-23,28H2,1-5H3,(H2-,47,48,49,50,51,52,53,54)/p+1. The SMILES string of the molecule is CCCC[n+]1cc(Cl)cc2c1N=C(/C=C/C(=C/C=C1/N(CCCCS(=O)(=O)O)c3ccc(CS(=O)(=O)O)cc3C1(C)C)c1cccc(CCC(=O)O)c1)C2(C)C. The number of carboxylic acids is 1. The van der Waals surface area contributed by atoms with E-state index in [9.17, 15) is 35.8 Å². The van der Waals surface area contributed by atoms with Crippen LogP contribution in [0.1, 0.15) is 94.5 Å². The fourth-order valence-corrected chi connectivity index (χ4v) is 8.78. The highest BCUT2D eigenvalue weighted by Gasteiger charge is 2.43. The third-order valence-corrected chi connectivity index (χ3v) is 12.1. The minimum atomic E-state index is -4.28. The maximum absolute atomic E-state index is 11.8. The molecule has 0 unspecified atom stereocenters. The molecule has 0 radical (unpaired) electrons. The Hall–Kier alpha value is -4.14. The molecule has 5 rings (SSSR count). The third-order valence-electron chi connectivity index (χ3n) is 10.4. The van der Waals surface area contributed by atoms with E-state index in [-0.39, 0.29) is 18.6 Å². The van der Waals surface area contributed by atoms with Crippen molar-refractivity contribution >= 4 is 60.6 Å². The van der Waals surface area contributed by atoms with Crippen LogP contribution in [0.25, 0.3) is 5.57 Å². The van der Waals surface area contributed by atoms with Crippen molar-refractivity contribution in [1.82, 2.24) is 0 Å². The molecule has 56 heavy (non-hydrogen) atoms. The number of rotatable bonds is 17. The van der Waals surface area contributed by atoms with Gasteiger partial charge in [-0.15, -0.1) is 0 Å². The summed E-state index contributed by atoms with van der Waals surface area (Å²) in [5.74, 6) is -0.913. The predicted molar refractivity (Wildman–Crippen MR) is 222 cm³/mol. The molecule has 14 heteroatoms. The van der Waals surface area contributed by atoms with Gasteiger partial charge in [-0.05, 0) is 96.6 Å². The van der Waals surface area contributed by atoms with Crippen molar-refractivity contribution in [3.8, 4) is 0 Å². The second-order valence-corrected chi connectivity index (χ2v) is 19.0. The molecule has 0 fully saturated rings. The number of nitrogens with zero attached hydrogens (tertiary/aromatic N) is 3. The van der Waals surface area contributed by atoms with Crippen LogP contribution in [0, 0.1) is 0 Å². The van der Waals surface area contributed by atoms with Crippen LogP contribution in [-0.2, 0) is 54.6 Å². The Morgan fingerprint density at radius 3 is 2.36 bits per heavy atom. The lowest BCUT2D eigenvalue weighted by Gasteiger charge is -2.27. The van der Waals surface area contributed by atoms with Crippen LogP contribution < -0.4 is 9.47 Å². The number of fused-ring (bicyclic) bond motifs is 2. The zero-order valence-electron chi connectivity index (χ0n) is 32.5. The number of allylic oxidation sites excluding steroid dienone is 6. The number of unbranched alkanes of at least 4 members (excludes halogenated alkanes) is 2. The first-order valence-electron chi connectivity index (χ1n) is 18.7. The molecule has 0 amide bonds. The first-order chi connectivity index (χ1) is 26.2. The number of carboxylic acid groups (broad SMARTS) is 1. The van der Waals surface area contributed by atoms with E-state index in [1.165, 1.54) is 0 Å². The van der Waals surface area contributed by atoms with Crippen molar-refractivity contribution in [3.63, 3.8) is 0 Å². The summed E-state index contributed by atoms with van der Waals surface area (Å²) in [6, 6.07) is 15.0. The van der Waals surface area contributed by atoms with E-state index in [2.05, 4.69) is 30.2 Å². The lowest BCUT2D eigenvalue weighted by molar-refractivity contribution is -0.684. The number of pyridine rings is 1. The van der Waals surface area contributed by atoms with Crippen molar-refractivity contribution in [2.24, 2.45) is 4.99 Å². The van der Waals surface area contributed by atoms with Gasteiger partial charge in [-0.3, -0.25) is 13.9 Å². The number of hydrogen-bond acceptors (Lipinski definition) is 7. The second-order valence-electron chi connectivity index (χ2n) is 15.5. The van der Waals surface area contributed by atoms with Gasteiger partial charge in [0.2, 0.25) is 0 Å². The van der Waals surface area contributed by atoms with Crippen LogP contribution in [0.2, 0.25) is 5.02 Å². The number of aliphatic imine (C=N–C) groups is 1. The predicted octanol–water partition coefficient (Wildman–Crippen LogP) is 8.19. The summed E-state index contributed by atoms with van der Waals surface area (Å²) in [6.07, 6.45) is 13.0. The van der Waals surface area contributed by atoms with E-state index in [0.717, 1.165) is 70.1 Å².